The fourth-order valence-corrected chi connectivity index (χ4v) is 3.71. The first-order valence-electron chi connectivity index (χ1n) is 7.25. The van der Waals surface area contributed by atoms with Crippen molar-refractivity contribution in [1.29, 1.82) is 0 Å². The van der Waals surface area contributed by atoms with Crippen LogP contribution in [0.2, 0.25) is 0 Å². The lowest BCUT2D eigenvalue weighted by atomic mass is 9.99. The smallest absolute Gasteiger partial charge is 0.224 e. The van der Waals surface area contributed by atoms with Gasteiger partial charge in [0.1, 0.15) is 0 Å². The van der Waals surface area contributed by atoms with Crippen LogP contribution in [0.5, 0.6) is 0 Å². The summed E-state index contributed by atoms with van der Waals surface area (Å²) in [6.45, 7) is 3.72. The molecule has 0 aliphatic carbocycles. The first-order chi connectivity index (χ1) is 9.51. The van der Waals surface area contributed by atoms with Crippen LogP contribution in [-0.2, 0) is 19.6 Å². The molecule has 1 amide bonds. The minimum atomic E-state index is -3.31. The van der Waals surface area contributed by atoms with E-state index in [1.54, 1.807) is 0 Å². The molecule has 6 nitrogen and oxygen atoms in total. The Labute approximate surface area is 121 Å². The highest BCUT2D eigenvalue weighted by atomic mass is 32.2. The third-order valence-electron chi connectivity index (χ3n) is 3.52. The Kier molecular flexibility index (Phi) is 7.47. The van der Waals surface area contributed by atoms with Gasteiger partial charge in [0.15, 0.2) is 0 Å². The molecule has 1 rings (SSSR count). The van der Waals surface area contributed by atoms with Crippen molar-refractivity contribution in [3.63, 3.8) is 0 Å². The molecule has 0 aromatic rings. The van der Waals surface area contributed by atoms with E-state index in [4.69, 9.17) is 4.74 Å². The summed E-state index contributed by atoms with van der Waals surface area (Å²) < 4.78 is 30.4. The van der Waals surface area contributed by atoms with Gasteiger partial charge >= 0.3 is 0 Å². The number of sulfonamides is 1. The molecule has 0 aromatic heterocycles. The van der Waals surface area contributed by atoms with Gasteiger partial charge in [0.25, 0.3) is 0 Å². The summed E-state index contributed by atoms with van der Waals surface area (Å²) in [6.07, 6.45) is 3.48. The zero-order chi connectivity index (χ0) is 15.0. The highest BCUT2D eigenvalue weighted by molar-refractivity contribution is 7.89. The molecule has 20 heavy (non-hydrogen) atoms. The van der Waals surface area contributed by atoms with Crippen LogP contribution >= 0.6 is 0 Å². The number of nitrogens with zero attached hydrogens (tertiary/aromatic N) is 1. The first kappa shape index (κ1) is 17.4. The summed E-state index contributed by atoms with van der Waals surface area (Å²) in [6, 6.07) is 0. The van der Waals surface area contributed by atoms with Crippen molar-refractivity contribution in [3.05, 3.63) is 0 Å². The highest BCUT2D eigenvalue weighted by Gasteiger charge is 2.31. The molecule has 7 heteroatoms. The summed E-state index contributed by atoms with van der Waals surface area (Å²) in [5, 5.41) is 2.88. The summed E-state index contributed by atoms with van der Waals surface area (Å²) in [5.74, 6) is -0.267. The Morgan fingerprint density at radius 1 is 1.45 bits per heavy atom. The number of hydrogen-bond donors (Lipinski definition) is 1. The van der Waals surface area contributed by atoms with Crippen LogP contribution in [0, 0.1) is 5.92 Å². The van der Waals surface area contributed by atoms with Gasteiger partial charge < -0.3 is 10.1 Å². The summed E-state index contributed by atoms with van der Waals surface area (Å²) in [7, 11) is -1.83. The van der Waals surface area contributed by atoms with E-state index in [1.165, 1.54) is 11.4 Å². The number of unbranched alkanes of at least 4 members (excludes halogenated alkanes) is 1. The Hall–Kier alpha value is -0.660. The van der Waals surface area contributed by atoms with Crippen LogP contribution in [0.15, 0.2) is 0 Å². The number of amides is 1. The molecule has 0 aromatic carbocycles. The largest absolute Gasteiger partial charge is 0.384 e. The van der Waals surface area contributed by atoms with Gasteiger partial charge in [-0.25, -0.2) is 12.7 Å². The van der Waals surface area contributed by atoms with Gasteiger partial charge in [0.2, 0.25) is 15.9 Å². The number of hydrogen-bond acceptors (Lipinski definition) is 4. The summed E-state index contributed by atoms with van der Waals surface area (Å²) >= 11 is 0. The number of carbonyl (C=O) groups is 1. The van der Waals surface area contributed by atoms with Crippen LogP contribution in [0.3, 0.4) is 0 Å². The van der Waals surface area contributed by atoms with Gasteiger partial charge in [-0.2, -0.15) is 0 Å². The lowest BCUT2D eigenvalue weighted by Gasteiger charge is -2.31. The molecule has 1 heterocycles. The zero-order valence-electron chi connectivity index (χ0n) is 12.4. The SMILES string of the molecule is CCCCNC(=O)C1CCCN(S(=O)(=O)CCOC)C1. The molecule has 1 fully saturated rings. The van der Waals surface area contributed by atoms with Gasteiger partial charge in [0, 0.05) is 26.7 Å². The molecular weight excluding hydrogens is 280 g/mol. The van der Waals surface area contributed by atoms with E-state index < -0.39 is 10.0 Å². The van der Waals surface area contributed by atoms with Crippen LogP contribution in [0.1, 0.15) is 32.6 Å². The van der Waals surface area contributed by atoms with E-state index in [0.717, 1.165) is 25.7 Å². The molecule has 1 aliphatic rings. The normalized spacial score (nSPS) is 20.8. The van der Waals surface area contributed by atoms with E-state index in [9.17, 15) is 13.2 Å². The maximum atomic E-state index is 12.1. The van der Waals surface area contributed by atoms with Gasteiger partial charge in [0.05, 0.1) is 18.3 Å². The first-order valence-corrected chi connectivity index (χ1v) is 8.86. The van der Waals surface area contributed by atoms with Crippen molar-refractivity contribution in [1.82, 2.24) is 9.62 Å². The van der Waals surface area contributed by atoms with E-state index in [1.807, 2.05) is 0 Å². The van der Waals surface area contributed by atoms with E-state index >= 15 is 0 Å². The molecule has 118 valence electrons. The number of methoxy groups -OCH3 is 1. The number of piperidine rings is 1. The predicted octanol–water partition coefficient (Wildman–Crippen LogP) is 0.591. The van der Waals surface area contributed by atoms with Gasteiger partial charge in [-0.1, -0.05) is 13.3 Å². The zero-order valence-corrected chi connectivity index (χ0v) is 13.2. The van der Waals surface area contributed by atoms with Crippen molar-refractivity contribution in [2.45, 2.75) is 32.6 Å². The average Bonchev–Trinajstić information content (AvgIpc) is 2.45. The number of carbonyl (C=O) groups excluding carboxylic acids is 1. The van der Waals surface area contributed by atoms with Gasteiger partial charge in [-0.15, -0.1) is 0 Å². The molecule has 0 saturated carbocycles. The van der Waals surface area contributed by atoms with Crippen LogP contribution in [0.4, 0.5) is 0 Å². The molecule has 0 spiro atoms. The van der Waals surface area contributed by atoms with Crippen molar-refractivity contribution in [3.8, 4) is 0 Å². The van der Waals surface area contributed by atoms with Gasteiger partial charge in [-0.3, -0.25) is 4.79 Å². The van der Waals surface area contributed by atoms with E-state index in [2.05, 4.69) is 12.2 Å². The quantitative estimate of drug-likeness (QED) is 0.666. The number of nitrogens with one attached hydrogen (secondary N) is 1. The van der Waals surface area contributed by atoms with Crippen molar-refractivity contribution >= 4 is 15.9 Å². The standard InChI is InChI=1S/C13H26N2O4S/c1-3-4-7-14-13(16)12-6-5-8-15(11-12)20(17,18)10-9-19-2/h12H,3-11H2,1-2H3,(H,14,16). The number of rotatable bonds is 8. The van der Waals surface area contributed by atoms with E-state index in [-0.39, 0.29) is 24.2 Å². The third-order valence-corrected chi connectivity index (χ3v) is 5.32. The van der Waals surface area contributed by atoms with Crippen LogP contribution < -0.4 is 5.32 Å². The van der Waals surface area contributed by atoms with Crippen molar-refractivity contribution in [2.75, 3.05) is 39.1 Å². The Balaban J connectivity index is 2.51. The second-order valence-corrected chi connectivity index (χ2v) is 7.24. The summed E-state index contributed by atoms with van der Waals surface area (Å²) in [5.41, 5.74) is 0. The fraction of sp³-hybridized carbons (Fsp3) is 0.923. The summed E-state index contributed by atoms with van der Waals surface area (Å²) in [4.78, 5) is 12.0. The molecule has 1 unspecified atom stereocenters. The molecule has 1 saturated heterocycles. The minimum absolute atomic E-state index is 0.0202. The molecule has 1 N–H and O–H groups in total. The average molecular weight is 306 g/mol. The van der Waals surface area contributed by atoms with Crippen LogP contribution in [-0.4, -0.2) is 57.7 Å². The maximum absolute atomic E-state index is 12.1. The second-order valence-electron chi connectivity index (χ2n) is 5.15. The molecule has 1 aliphatic heterocycles. The Morgan fingerprint density at radius 2 is 2.20 bits per heavy atom. The fourth-order valence-electron chi connectivity index (χ4n) is 2.26. The maximum Gasteiger partial charge on any atom is 0.224 e. The predicted molar refractivity (Wildman–Crippen MR) is 77.9 cm³/mol. The van der Waals surface area contributed by atoms with Crippen molar-refractivity contribution in [2.24, 2.45) is 5.92 Å². The molecular formula is C13H26N2O4S. The third kappa shape index (κ3) is 5.38. The molecule has 0 radical (unpaired) electrons. The minimum Gasteiger partial charge on any atom is -0.384 e. The highest BCUT2D eigenvalue weighted by Crippen LogP contribution is 2.19. The van der Waals surface area contributed by atoms with Crippen molar-refractivity contribution < 1.29 is 17.9 Å². The number of ether oxygens (including phenoxy) is 1. The topological polar surface area (TPSA) is 75.7 Å². The Morgan fingerprint density at radius 3 is 2.85 bits per heavy atom. The monoisotopic (exact) mass is 306 g/mol. The lowest BCUT2D eigenvalue weighted by molar-refractivity contribution is -0.126. The Bertz CT molecular complexity index is 397. The van der Waals surface area contributed by atoms with Crippen LogP contribution in [0.25, 0.3) is 0 Å². The molecule has 0 bridgehead atoms. The van der Waals surface area contributed by atoms with Gasteiger partial charge in [-0.05, 0) is 19.3 Å². The molecule has 1 atom stereocenters. The lowest BCUT2D eigenvalue weighted by Crippen LogP contribution is -2.46. The second kappa shape index (κ2) is 8.59. The van der Waals surface area contributed by atoms with E-state index in [0.29, 0.717) is 19.6 Å².